The van der Waals surface area contributed by atoms with Crippen molar-refractivity contribution >= 4 is 33.6 Å². The van der Waals surface area contributed by atoms with Gasteiger partial charge in [-0.1, -0.05) is 6.92 Å². The van der Waals surface area contributed by atoms with E-state index in [0.717, 1.165) is 0 Å². The number of urea groups is 1. The van der Waals surface area contributed by atoms with Crippen LogP contribution in [0, 0.1) is 0 Å². The SMILES string of the molecule is CCCNC(=O)NC(=O)COC(=O)c1ccc(NS(=O)(=O)c2ccc(OCC)cc2)cc1. The quantitative estimate of drug-likeness (QED) is 0.459. The lowest BCUT2D eigenvalue weighted by Gasteiger charge is -2.10. The molecular formula is C21H25N3O7S. The summed E-state index contributed by atoms with van der Waals surface area (Å²) < 4.78 is 37.6. The zero-order chi connectivity index (χ0) is 23.6. The van der Waals surface area contributed by atoms with E-state index >= 15 is 0 Å². The van der Waals surface area contributed by atoms with Crippen LogP contribution >= 0.6 is 0 Å². The van der Waals surface area contributed by atoms with Crippen LogP contribution < -0.4 is 20.1 Å². The van der Waals surface area contributed by atoms with Crippen LogP contribution in [0.25, 0.3) is 0 Å². The van der Waals surface area contributed by atoms with Crippen LogP contribution in [0.4, 0.5) is 10.5 Å². The number of benzene rings is 2. The first-order chi connectivity index (χ1) is 15.2. The molecular weight excluding hydrogens is 438 g/mol. The average molecular weight is 464 g/mol. The van der Waals surface area contributed by atoms with Gasteiger partial charge in [0.1, 0.15) is 5.75 Å². The van der Waals surface area contributed by atoms with Crippen molar-refractivity contribution in [2.75, 3.05) is 24.5 Å². The molecule has 32 heavy (non-hydrogen) atoms. The van der Waals surface area contributed by atoms with Gasteiger partial charge in [-0.15, -0.1) is 0 Å². The van der Waals surface area contributed by atoms with E-state index in [1.165, 1.54) is 36.4 Å². The molecule has 172 valence electrons. The van der Waals surface area contributed by atoms with Gasteiger partial charge in [0.15, 0.2) is 6.61 Å². The van der Waals surface area contributed by atoms with Gasteiger partial charge in [-0.2, -0.15) is 0 Å². The van der Waals surface area contributed by atoms with Gasteiger partial charge in [-0.3, -0.25) is 14.8 Å². The highest BCUT2D eigenvalue weighted by molar-refractivity contribution is 7.92. The zero-order valence-electron chi connectivity index (χ0n) is 17.7. The van der Waals surface area contributed by atoms with Crippen molar-refractivity contribution in [3.63, 3.8) is 0 Å². The molecule has 0 unspecified atom stereocenters. The molecule has 11 heteroatoms. The molecule has 0 aliphatic rings. The monoisotopic (exact) mass is 463 g/mol. The molecule has 0 saturated carbocycles. The van der Waals surface area contributed by atoms with Gasteiger partial charge in [0.05, 0.1) is 17.1 Å². The summed E-state index contributed by atoms with van der Waals surface area (Å²) >= 11 is 0. The first-order valence-corrected chi connectivity index (χ1v) is 11.3. The molecule has 0 aliphatic heterocycles. The molecule has 0 aliphatic carbocycles. The van der Waals surface area contributed by atoms with Crippen LogP contribution in [0.2, 0.25) is 0 Å². The number of hydrogen-bond donors (Lipinski definition) is 3. The Morgan fingerprint density at radius 3 is 2.19 bits per heavy atom. The summed E-state index contributed by atoms with van der Waals surface area (Å²) in [5, 5.41) is 4.49. The highest BCUT2D eigenvalue weighted by Crippen LogP contribution is 2.20. The lowest BCUT2D eigenvalue weighted by molar-refractivity contribution is -0.123. The fourth-order valence-electron chi connectivity index (χ4n) is 2.43. The summed E-state index contributed by atoms with van der Waals surface area (Å²) in [5.74, 6) is -1.01. The minimum atomic E-state index is -3.83. The Kier molecular flexibility index (Phi) is 9.02. The lowest BCUT2D eigenvalue weighted by atomic mass is 10.2. The summed E-state index contributed by atoms with van der Waals surface area (Å²) in [6, 6.07) is 10.8. The number of sulfonamides is 1. The summed E-state index contributed by atoms with van der Waals surface area (Å²) in [4.78, 5) is 35.1. The van der Waals surface area contributed by atoms with E-state index in [4.69, 9.17) is 9.47 Å². The number of carbonyl (C=O) groups is 3. The number of ether oxygens (including phenoxy) is 2. The first-order valence-electron chi connectivity index (χ1n) is 9.85. The molecule has 2 aromatic rings. The molecule has 0 heterocycles. The van der Waals surface area contributed by atoms with E-state index in [1.807, 2.05) is 19.2 Å². The molecule has 10 nitrogen and oxygen atoms in total. The highest BCUT2D eigenvalue weighted by atomic mass is 32.2. The first kappa shape index (κ1) is 24.7. The van der Waals surface area contributed by atoms with Crippen LogP contribution in [0.1, 0.15) is 30.6 Å². The van der Waals surface area contributed by atoms with Crippen molar-refractivity contribution in [2.45, 2.75) is 25.2 Å². The molecule has 0 spiro atoms. The van der Waals surface area contributed by atoms with Gasteiger partial charge >= 0.3 is 12.0 Å². The minimum absolute atomic E-state index is 0.0541. The topological polar surface area (TPSA) is 140 Å². The maximum absolute atomic E-state index is 12.5. The molecule has 3 N–H and O–H groups in total. The molecule has 0 aromatic heterocycles. The Balaban J connectivity index is 1.91. The van der Waals surface area contributed by atoms with E-state index in [2.05, 4.69) is 10.0 Å². The van der Waals surface area contributed by atoms with Crippen LogP contribution in [-0.4, -0.2) is 46.1 Å². The molecule has 0 atom stereocenters. The van der Waals surface area contributed by atoms with Crippen LogP contribution in [-0.2, 0) is 19.6 Å². The largest absolute Gasteiger partial charge is 0.494 e. The lowest BCUT2D eigenvalue weighted by Crippen LogP contribution is -2.41. The second-order valence-electron chi connectivity index (χ2n) is 6.47. The van der Waals surface area contributed by atoms with Gasteiger partial charge in [0.2, 0.25) is 0 Å². The van der Waals surface area contributed by atoms with Crippen molar-refractivity contribution in [2.24, 2.45) is 0 Å². The fraction of sp³-hybridized carbons (Fsp3) is 0.286. The predicted molar refractivity (Wildman–Crippen MR) is 117 cm³/mol. The molecule has 0 bridgehead atoms. The number of carbonyl (C=O) groups excluding carboxylic acids is 3. The Bertz CT molecular complexity index is 1040. The summed E-state index contributed by atoms with van der Waals surface area (Å²) in [6.07, 6.45) is 0.711. The number of amides is 3. The predicted octanol–water partition coefficient (Wildman–Crippen LogP) is 2.28. The van der Waals surface area contributed by atoms with Crippen molar-refractivity contribution < 1.29 is 32.3 Å². The number of hydrogen-bond acceptors (Lipinski definition) is 7. The molecule has 0 saturated heterocycles. The van der Waals surface area contributed by atoms with Gasteiger partial charge in [-0.25, -0.2) is 18.0 Å². The van der Waals surface area contributed by atoms with E-state index in [0.29, 0.717) is 25.3 Å². The molecule has 3 amide bonds. The maximum Gasteiger partial charge on any atom is 0.338 e. The second-order valence-corrected chi connectivity index (χ2v) is 8.15. The Morgan fingerprint density at radius 2 is 1.59 bits per heavy atom. The van der Waals surface area contributed by atoms with Crippen molar-refractivity contribution in [3.05, 3.63) is 54.1 Å². The minimum Gasteiger partial charge on any atom is -0.494 e. The number of imide groups is 1. The van der Waals surface area contributed by atoms with Crippen LogP contribution in [0.5, 0.6) is 5.75 Å². The van der Waals surface area contributed by atoms with Crippen molar-refractivity contribution in [1.82, 2.24) is 10.6 Å². The zero-order valence-corrected chi connectivity index (χ0v) is 18.5. The van der Waals surface area contributed by atoms with Gasteiger partial charge < -0.3 is 14.8 Å². The highest BCUT2D eigenvalue weighted by Gasteiger charge is 2.16. The molecule has 2 rings (SSSR count). The maximum atomic E-state index is 12.5. The summed E-state index contributed by atoms with van der Waals surface area (Å²) in [6.45, 7) is 3.93. The fourth-order valence-corrected chi connectivity index (χ4v) is 3.49. The van der Waals surface area contributed by atoms with Crippen LogP contribution in [0.3, 0.4) is 0 Å². The summed E-state index contributed by atoms with van der Waals surface area (Å²) in [5.41, 5.74) is 0.345. The Morgan fingerprint density at radius 1 is 0.938 bits per heavy atom. The Hall–Kier alpha value is -3.60. The number of esters is 1. The molecule has 0 radical (unpaired) electrons. The number of nitrogens with one attached hydrogen (secondary N) is 3. The van der Waals surface area contributed by atoms with Crippen LogP contribution in [0.15, 0.2) is 53.4 Å². The third-order valence-electron chi connectivity index (χ3n) is 3.94. The van der Waals surface area contributed by atoms with Crippen molar-refractivity contribution in [1.29, 1.82) is 0 Å². The smallest absolute Gasteiger partial charge is 0.338 e. The third kappa shape index (κ3) is 7.58. The molecule has 2 aromatic carbocycles. The van der Waals surface area contributed by atoms with E-state index in [1.54, 1.807) is 12.1 Å². The second kappa shape index (κ2) is 11.7. The molecule has 0 fully saturated rings. The van der Waals surface area contributed by atoms with Gasteiger partial charge in [0, 0.05) is 12.2 Å². The summed E-state index contributed by atoms with van der Waals surface area (Å²) in [7, 11) is -3.83. The third-order valence-corrected chi connectivity index (χ3v) is 5.34. The number of rotatable bonds is 10. The van der Waals surface area contributed by atoms with E-state index < -0.39 is 34.5 Å². The average Bonchev–Trinajstić information content (AvgIpc) is 2.77. The van der Waals surface area contributed by atoms with E-state index in [-0.39, 0.29) is 16.1 Å². The normalized spacial score (nSPS) is 10.7. The van der Waals surface area contributed by atoms with Gasteiger partial charge in [0.25, 0.3) is 15.9 Å². The van der Waals surface area contributed by atoms with Gasteiger partial charge in [-0.05, 0) is 61.9 Å². The standard InChI is InChI=1S/C21H25N3O7S/c1-3-13-22-21(27)23-19(25)14-31-20(26)15-5-7-16(8-6-15)24-32(28,29)18-11-9-17(10-12-18)30-4-2/h5-12,24H,3-4,13-14H2,1-2H3,(H2,22,23,25,27). The Labute approximate surface area is 186 Å². The number of anilines is 1. The van der Waals surface area contributed by atoms with E-state index in [9.17, 15) is 22.8 Å². The van der Waals surface area contributed by atoms with Crippen molar-refractivity contribution in [3.8, 4) is 5.75 Å².